The molecule has 0 aromatic heterocycles. The molecule has 0 bridgehead atoms. The van der Waals surface area contributed by atoms with Crippen molar-refractivity contribution >= 4 is 49.1 Å². The van der Waals surface area contributed by atoms with E-state index >= 15 is 0 Å². The summed E-state index contributed by atoms with van der Waals surface area (Å²) < 4.78 is 11.8. The SMILES string of the molecule is CC(=O)OC1CC(=O)N1c1ccc(CN2C(=O)[C@@]3(O[C@@H](CCO)[C@H]([Si](C)(C)O)[C@H]3C)c3cc(Cl)ccc32)cc1. The van der Waals surface area contributed by atoms with Gasteiger partial charge in [-0.2, -0.15) is 0 Å². The number of fused-ring (bicyclic) bond motifs is 2. The van der Waals surface area contributed by atoms with Crippen LogP contribution in [0, 0.1) is 5.92 Å². The van der Waals surface area contributed by atoms with Crippen molar-refractivity contribution in [2.24, 2.45) is 5.92 Å². The molecule has 2 saturated heterocycles. The van der Waals surface area contributed by atoms with Gasteiger partial charge >= 0.3 is 5.97 Å². The van der Waals surface area contributed by atoms with Crippen LogP contribution >= 0.6 is 11.6 Å². The summed E-state index contributed by atoms with van der Waals surface area (Å²) >= 11 is 6.40. The van der Waals surface area contributed by atoms with Crippen molar-refractivity contribution in [3.05, 3.63) is 58.6 Å². The van der Waals surface area contributed by atoms with Crippen molar-refractivity contribution in [2.45, 2.75) is 69.8 Å². The third kappa shape index (κ3) is 4.58. The standard InChI is InChI=1S/C28H33ClN2O7Si/c1-16-26(39(3,4)36)23(11-12-32)38-28(16)21-13-19(29)7-10-22(21)30(27(28)35)15-18-5-8-20(9-6-18)31-24(34)14-25(31)37-17(2)33/h5-10,13,16,23,25-26,32,36H,11-12,14-15H2,1-4H3/t16-,23+,25?,26-,28+/m1/s1. The number of β-lactam (4-membered cyclic amide) rings is 1. The molecule has 2 fully saturated rings. The van der Waals surface area contributed by atoms with E-state index < -0.39 is 32.2 Å². The summed E-state index contributed by atoms with van der Waals surface area (Å²) in [6.07, 6.45) is -0.611. The van der Waals surface area contributed by atoms with E-state index in [1.807, 2.05) is 38.2 Å². The molecule has 2 N–H and O–H groups in total. The zero-order valence-electron chi connectivity index (χ0n) is 22.4. The van der Waals surface area contributed by atoms with E-state index in [4.69, 9.17) is 21.1 Å². The fourth-order valence-corrected chi connectivity index (χ4v) is 9.31. The maximum atomic E-state index is 14.3. The van der Waals surface area contributed by atoms with E-state index in [9.17, 15) is 24.3 Å². The van der Waals surface area contributed by atoms with E-state index in [2.05, 4.69) is 0 Å². The Morgan fingerprint density at radius 2 is 1.90 bits per heavy atom. The third-order valence-corrected chi connectivity index (χ3v) is 10.9. The fraction of sp³-hybridized carbons (Fsp3) is 0.464. The van der Waals surface area contributed by atoms with Gasteiger partial charge in [0.25, 0.3) is 5.91 Å². The Balaban J connectivity index is 1.46. The van der Waals surface area contributed by atoms with Gasteiger partial charge in [-0.1, -0.05) is 30.7 Å². The van der Waals surface area contributed by atoms with E-state index in [1.54, 1.807) is 29.2 Å². The quantitative estimate of drug-likeness (QED) is 0.295. The molecule has 2 aromatic rings. The number of nitrogens with zero attached hydrogens (tertiary/aromatic N) is 2. The Morgan fingerprint density at radius 3 is 2.49 bits per heavy atom. The molecule has 2 amide bonds. The lowest BCUT2D eigenvalue weighted by atomic mass is 9.82. The molecular formula is C28H33ClN2O7Si. The Hall–Kier alpha value is -2.76. The van der Waals surface area contributed by atoms with Crippen LogP contribution in [0.5, 0.6) is 0 Å². The molecular weight excluding hydrogens is 540 g/mol. The van der Waals surface area contributed by atoms with E-state index in [0.29, 0.717) is 28.4 Å². The summed E-state index contributed by atoms with van der Waals surface area (Å²) in [5.41, 5.74) is 1.21. The van der Waals surface area contributed by atoms with Crippen molar-refractivity contribution in [3.8, 4) is 0 Å². The predicted octanol–water partition coefficient (Wildman–Crippen LogP) is 3.69. The summed E-state index contributed by atoms with van der Waals surface area (Å²) in [4.78, 5) is 52.1. The number of hydrogen-bond acceptors (Lipinski definition) is 7. The highest BCUT2D eigenvalue weighted by atomic mass is 35.5. The molecule has 3 aliphatic rings. The third-order valence-electron chi connectivity index (χ3n) is 8.12. The molecule has 0 aliphatic carbocycles. The lowest BCUT2D eigenvalue weighted by molar-refractivity contribution is -0.154. The lowest BCUT2D eigenvalue weighted by Gasteiger charge is -2.39. The molecule has 0 saturated carbocycles. The maximum Gasteiger partial charge on any atom is 0.304 e. The second kappa shape index (κ2) is 10.0. The highest BCUT2D eigenvalue weighted by Gasteiger charge is 2.66. The van der Waals surface area contributed by atoms with Gasteiger partial charge in [0.2, 0.25) is 5.91 Å². The van der Waals surface area contributed by atoms with Crippen LogP contribution in [-0.2, 0) is 36.0 Å². The number of halogens is 1. The number of aliphatic hydroxyl groups excluding tert-OH is 1. The number of aliphatic hydroxyl groups is 1. The van der Waals surface area contributed by atoms with Crippen LogP contribution in [0.25, 0.3) is 0 Å². The average Bonchev–Trinajstić information content (AvgIpc) is 3.26. The Morgan fingerprint density at radius 1 is 1.21 bits per heavy atom. The molecule has 0 radical (unpaired) electrons. The second-order valence-corrected chi connectivity index (χ2v) is 15.5. The summed E-state index contributed by atoms with van der Waals surface area (Å²) in [6, 6.07) is 12.5. The minimum Gasteiger partial charge on any atom is -0.441 e. The second-order valence-electron chi connectivity index (χ2n) is 11.1. The Kier molecular flexibility index (Phi) is 7.13. The minimum atomic E-state index is -2.78. The fourth-order valence-electron chi connectivity index (χ4n) is 6.53. The van der Waals surface area contributed by atoms with Crippen LogP contribution in [0.2, 0.25) is 23.7 Å². The first kappa shape index (κ1) is 27.8. The largest absolute Gasteiger partial charge is 0.441 e. The summed E-state index contributed by atoms with van der Waals surface area (Å²) in [5.74, 6) is -1.15. The molecule has 208 valence electrons. The maximum absolute atomic E-state index is 14.3. The number of carbonyl (C=O) groups excluding carboxylic acids is 3. The van der Waals surface area contributed by atoms with Crippen LogP contribution in [0.4, 0.5) is 11.4 Å². The van der Waals surface area contributed by atoms with Crippen molar-refractivity contribution in [1.29, 1.82) is 0 Å². The Bertz CT molecular complexity index is 1310. The van der Waals surface area contributed by atoms with Gasteiger partial charge in [-0.3, -0.25) is 19.3 Å². The molecule has 5 rings (SSSR count). The zero-order valence-corrected chi connectivity index (χ0v) is 24.1. The highest BCUT2D eigenvalue weighted by Crippen LogP contribution is 2.60. The molecule has 11 heteroatoms. The van der Waals surface area contributed by atoms with E-state index in [0.717, 1.165) is 5.56 Å². The monoisotopic (exact) mass is 572 g/mol. The predicted molar refractivity (Wildman–Crippen MR) is 148 cm³/mol. The summed E-state index contributed by atoms with van der Waals surface area (Å²) in [5, 5.41) is 10.2. The highest BCUT2D eigenvalue weighted by molar-refractivity contribution is 6.71. The first-order valence-electron chi connectivity index (χ1n) is 13.1. The minimum absolute atomic E-state index is 0.112. The van der Waals surface area contributed by atoms with Gasteiger partial charge in [-0.05, 0) is 55.4 Å². The molecule has 2 aromatic carbocycles. The van der Waals surface area contributed by atoms with Crippen LogP contribution in [0.15, 0.2) is 42.5 Å². The number of hydrogen-bond donors (Lipinski definition) is 2. The first-order valence-corrected chi connectivity index (χ1v) is 16.5. The Labute approximate surface area is 233 Å². The van der Waals surface area contributed by atoms with Gasteiger partial charge in [-0.25, -0.2) is 0 Å². The molecule has 9 nitrogen and oxygen atoms in total. The van der Waals surface area contributed by atoms with Crippen LogP contribution in [-0.4, -0.2) is 54.9 Å². The van der Waals surface area contributed by atoms with Crippen molar-refractivity contribution in [1.82, 2.24) is 0 Å². The number of carbonyl (C=O) groups is 3. The van der Waals surface area contributed by atoms with Gasteiger partial charge < -0.3 is 24.3 Å². The van der Waals surface area contributed by atoms with E-state index in [1.165, 1.54) is 11.8 Å². The number of benzene rings is 2. The summed E-state index contributed by atoms with van der Waals surface area (Å²) in [6.45, 7) is 7.07. The molecule has 3 heterocycles. The van der Waals surface area contributed by atoms with Crippen LogP contribution in [0.3, 0.4) is 0 Å². The van der Waals surface area contributed by atoms with Gasteiger partial charge in [0.05, 0.1) is 24.8 Å². The zero-order chi connectivity index (χ0) is 28.3. The van der Waals surface area contributed by atoms with Crippen molar-refractivity contribution < 1.29 is 33.8 Å². The van der Waals surface area contributed by atoms with Crippen LogP contribution in [0.1, 0.15) is 37.8 Å². The molecule has 39 heavy (non-hydrogen) atoms. The number of anilines is 2. The summed E-state index contributed by atoms with van der Waals surface area (Å²) in [7, 11) is -2.78. The average molecular weight is 573 g/mol. The van der Waals surface area contributed by atoms with E-state index in [-0.39, 0.29) is 42.8 Å². The van der Waals surface area contributed by atoms with Gasteiger partial charge in [0, 0.05) is 41.3 Å². The molecule has 1 spiro atoms. The molecule has 5 atom stereocenters. The number of rotatable bonds is 7. The van der Waals surface area contributed by atoms with Gasteiger partial charge in [-0.15, -0.1) is 0 Å². The molecule has 3 aliphatic heterocycles. The topological polar surface area (TPSA) is 117 Å². The number of ether oxygens (including phenoxy) is 2. The van der Waals surface area contributed by atoms with Gasteiger partial charge in [0.15, 0.2) is 20.1 Å². The van der Waals surface area contributed by atoms with Crippen LogP contribution < -0.4 is 9.80 Å². The lowest BCUT2D eigenvalue weighted by Crippen LogP contribution is -2.54. The number of amides is 2. The van der Waals surface area contributed by atoms with Crippen molar-refractivity contribution in [2.75, 3.05) is 16.4 Å². The normalized spacial score (nSPS) is 28.2. The number of esters is 1. The van der Waals surface area contributed by atoms with Gasteiger partial charge in [0.1, 0.15) is 0 Å². The molecule has 1 unspecified atom stereocenters. The smallest absolute Gasteiger partial charge is 0.304 e. The van der Waals surface area contributed by atoms with Crippen molar-refractivity contribution in [3.63, 3.8) is 0 Å². The first-order chi connectivity index (χ1) is 18.4.